The van der Waals surface area contributed by atoms with E-state index in [0.29, 0.717) is 5.69 Å². The Hall–Kier alpha value is -1.56. The van der Waals surface area contributed by atoms with Gasteiger partial charge in [0.25, 0.3) is 0 Å². The van der Waals surface area contributed by atoms with Crippen LogP contribution in [0.1, 0.15) is 0 Å². The quantitative estimate of drug-likeness (QED) is 0.640. The van der Waals surface area contributed by atoms with E-state index in [2.05, 4.69) is 26.8 Å². The zero-order valence-electron chi connectivity index (χ0n) is 8.85. The van der Waals surface area contributed by atoms with Crippen LogP contribution in [0.25, 0.3) is 0 Å². The molecule has 0 amide bonds. The molecule has 15 heavy (non-hydrogen) atoms. The van der Waals surface area contributed by atoms with Crippen LogP contribution in [-0.4, -0.2) is 48.1 Å². The minimum absolute atomic E-state index is 0.276. The predicted molar refractivity (Wildman–Crippen MR) is 60.6 cm³/mol. The van der Waals surface area contributed by atoms with Gasteiger partial charge in [0.2, 0.25) is 5.95 Å². The third-order valence-corrected chi connectivity index (χ3v) is 2.62. The predicted octanol–water partition coefficient (Wildman–Crippen LogP) is -0.607. The Labute approximate surface area is 88.9 Å². The molecule has 0 saturated carbocycles. The number of likely N-dealkylation sites (N-methyl/N-ethyl adjacent to an activating group) is 1. The van der Waals surface area contributed by atoms with E-state index in [9.17, 15) is 0 Å². The van der Waals surface area contributed by atoms with Crippen molar-refractivity contribution in [1.29, 1.82) is 0 Å². The standard InChI is InChI=1S/C9H16N6/c1-14-2-4-15(5-3-14)8-7(10)6-12-9(11)13-8/h6H,2-5,10H2,1H3,(H2,11,12,13). The summed E-state index contributed by atoms with van der Waals surface area (Å²) in [7, 11) is 2.11. The summed E-state index contributed by atoms with van der Waals surface area (Å²) in [6.45, 7) is 3.89. The second-order valence-electron chi connectivity index (χ2n) is 3.80. The van der Waals surface area contributed by atoms with Crippen molar-refractivity contribution in [3.05, 3.63) is 6.20 Å². The maximum Gasteiger partial charge on any atom is 0.222 e. The van der Waals surface area contributed by atoms with Gasteiger partial charge in [-0.1, -0.05) is 0 Å². The molecule has 1 saturated heterocycles. The van der Waals surface area contributed by atoms with Gasteiger partial charge in [-0.2, -0.15) is 4.98 Å². The van der Waals surface area contributed by atoms with Crippen LogP contribution in [0.4, 0.5) is 17.5 Å². The van der Waals surface area contributed by atoms with Gasteiger partial charge in [-0.05, 0) is 7.05 Å². The molecule has 6 heteroatoms. The Kier molecular flexibility index (Phi) is 2.59. The van der Waals surface area contributed by atoms with Crippen LogP contribution in [0.15, 0.2) is 6.20 Å². The molecule has 0 radical (unpaired) electrons. The number of hydrogen-bond acceptors (Lipinski definition) is 6. The summed E-state index contributed by atoms with van der Waals surface area (Å²) in [5.41, 5.74) is 12.0. The highest BCUT2D eigenvalue weighted by Crippen LogP contribution is 2.20. The summed E-state index contributed by atoms with van der Waals surface area (Å²) >= 11 is 0. The molecule has 2 rings (SSSR count). The number of aromatic nitrogens is 2. The second kappa shape index (κ2) is 3.90. The van der Waals surface area contributed by atoms with Gasteiger partial charge in [0.15, 0.2) is 5.82 Å². The maximum atomic E-state index is 5.82. The van der Waals surface area contributed by atoms with Crippen molar-refractivity contribution >= 4 is 17.5 Å². The summed E-state index contributed by atoms with van der Waals surface area (Å²) in [5.74, 6) is 1.04. The summed E-state index contributed by atoms with van der Waals surface area (Å²) in [5, 5.41) is 0. The van der Waals surface area contributed by atoms with Crippen LogP contribution in [0.5, 0.6) is 0 Å². The molecule has 4 N–H and O–H groups in total. The zero-order valence-corrected chi connectivity index (χ0v) is 8.85. The molecule has 1 fully saturated rings. The first-order valence-electron chi connectivity index (χ1n) is 4.98. The number of piperazine rings is 1. The Balaban J connectivity index is 2.18. The van der Waals surface area contributed by atoms with E-state index < -0.39 is 0 Å². The minimum atomic E-state index is 0.276. The molecule has 82 valence electrons. The Morgan fingerprint density at radius 2 is 1.87 bits per heavy atom. The van der Waals surface area contributed by atoms with Crippen molar-refractivity contribution in [1.82, 2.24) is 14.9 Å². The summed E-state index contributed by atoms with van der Waals surface area (Å²) in [6.07, 6.45) is 1.57. The highest BCUT2D eigenvalue weighted by atomic mass is 15.3. The number of anilines is 3. The van der Waals surface area contributed by atoms with Gasteiger partial charge >= 0.3 is 0 Å². The van der Waals surface area contributed by atoms with Crippen molar-refractivity contribution < 1.29 is 0 Å². The minimum Gasteiger partial charge on any atom is -0.394 e. The van der Waals surface area contributed by atoms with Gasteiger partial charge in [0.05, 0.1) is 11.9 Å². The van der Waals surface area contributed by atoms with Crippen molar-refractivity contribution in [2.24, 2.45) is 0 Å². The Morgan fingerprint density at radius 1 is 1.20 bits per heavy atom. The van der Waals surface area contributed by atoms with Gasteiger partial charge in [0, 0.05) is 26.2 Å². The maximum absolute atomic E-state index is 5.82. The third-order valence-electron chi connectivity index (χ3n) is 2.62. The molecule has 0 bridgehead atoms. The van der Waals surface area contributed by atoms with Crippen LogP contribution in [0, 0.1) is 0 Å². The van der Waals surface area contributed by atoms with E-state index in [1.165, 1.54) is 0 Å². The number of nitrogen functional groups attached to an aromatic ring is 2. The average Bonchev–Trinajstić information content (AvgIpc) is 2.23. The molecular formula is C9H16N6. The van der Waals surface area contributed by atoms with Crippen LogP contribution in [0.2, 0.25) is 0 Å². The molecule has 1 aliphatic rings. The van der Waals surface area contributed by atoms with Crippen molar-refractivity contribution in [2.45, 2.75) is 0 Å². The number of rotatable bonds is 1. The average molecular weight is 208 g/mol. The van der Waals surface area contributed by atoms with Gasteiger partial charge in [-0.25, -0.2) is 4.98 Å². The first-order chi connectivity index (χ1) is 7.16. The first kappa shape index (κ1) is 9.97. The van der Waals surface area contributed by atoms with E-state index >= 15 is 0 Å². The van der Waals surface area contributed by atoms with Crippen molar-refractivity contribution in [2.75, 3.05) is 49.6 Å². The van der Waals surface area contributed by atoms with Gasteiger partial charge in [-0.15, -0.1) is 0 Å². The summed E-state index contributed by atoms with van der Waals surface area (Å²) in [6, 6.07) is 0. The number of nitrogens with two attached hydrogens (primary N) is 2. The summed E-state index contributed by atoms with van der Waals surface area (Å²) < 4.78 is 0. The second-order valence-corrected chi connectivity index (χ2v) is 3.80. The Bertz CT molecular complexity index is 344. The molecule has 6 nitrogen and oxygen atoms in total. The normalized spacial score (nSPS) is 18.1. The molecule has 1 aliphatic heterocycles. The van der Waals surface area contributed by atoms with Crippen LogP contribution in [-0.2, 0) is 0 Å². The number of nitrogens with zero attached hydrogens (tertiary/aromatic N) is 4. The van der Waals surface area contributed by atoms with Gasteiger partial charge in [0.1, 0.15) is 0 Å². The third kappa shape index (κ3) is 2.10. The van der Waals surface area contributed by atoms with Gasteiger partial charge < -0.3 is 21.3 Å². The number of hydrogen-bond donors (Lipinski definition) is 2. The fourth-order valence-corrected chi connectivity index (χ4v) is 1.67. The molecule has 0 atom stereocenters. The van der Waals surface area contributed by atoms with E-state index in [4.69, 9.17) is 11.5 Å². The monoisotopic (exact) mass is 208 g/mol. The fraction of sp³-hybridized carbons (Fsp3) is 0.556. The highest BCUT2D eigenvalue weighted by molar-refractivity contribution is 5.63. The van der Waals surface area contributed by atoms with Crippen LogP contribution in [0.3, 0.4) is 0 Å². The molecule has 1 aromatic rings. The lowest BCUT2D eigenvalue weighted by Gasteiger charge is -2.33. The smallest absolute Gasteiger partial charge is 0.222 e. The van der Waals surface area contributed by atoms with Crippen LogP contribution >= 0.6 is 0 Å². The van der Waals surface area contributed by atoms with Crippen molar-refractivity contribution in [3.8, 4) is 0 Å². The molecule has 0 unspecified atom stereocenters. The molecule has 0 spiro atoms. The molecular weight excluding hydrogens is 192 g/mol. The van der Waals surface area contributed by atoms with Gasteiger partial charge in [-0.3, -0.25) is 0 Å². The van der Waals surface area contributed by atoms with E-state index in [1.54, 1.807) is 6.20 Å². The van der Waals surface area contributed by atoms with E-state index in [0.717, 1.165) is 32.0 Å². The largest absolute Gasteiger partial charge is 0.394 e. The fourth-order valence-electron chi connectivity index (χ4n) is 1.67. The SMILES string of the molecule is CN1CCN(c2nc(N)ncc2N)CC1. The molecule has 0 aromatic carbocycles. The summed E-state index contributed by atoms with van der Waals surface area (Å²) in [4.78, 5) is 12.4. The molecule has 1 aromatic heterocycles. The zero-order chi connectivity index (χ0) is 10.8. The highest BCUT2D eigenvalue weighted by Gasteiger charge is 2.17. The topological polar surface area (TPSA) is 84.3 Å². The lowest BCUT2D eigenvalue weighted by atomic mass is 10.3. The Morgan fingerprint density at radius 3 is 2.53 bits per heavy atom. The lowest BCUT2D eigenvalue weighted by Crippen LogP contribution is -2.45. The lowest BCUT2D eigenvalue weighted by molar-refractivity contribution is 0.312. The first-order valence-corrected chi connectivity index (χ1v) is 4.98. The molecule has 2 heterocycles. The van der Waals surface area contributed by atoms with Crippen molar-refractivity contribution in [3.63, 3.8) is 0 Å². The van der Waals surface area contributed by atoms with E-state index in [-0.39, 0.29) is 5.95 Å². The van der Waals surface area contributed by atoms with E-state index in [1.807, 2.05) is 0 Å². The molecule has 0 aliphatic carbocycles. The van der Waals surface area contributed by atoms with Crippen LogP contribution < -0.4 is 16.4 Å².